The number of nitrogens with zero attached hydrogens (tertiary/aromatic N) is 4. The van der Waals surface area contributed by atoms with Crippen LogP contribution >= 0.6 is 0 Å². The van der Waals surface area contributed by atoms with Crippen molar-refractivity contribution in [2.45, 2.75) is 51.4 Å². The summed E-state index contributed by atoms with van der Waals surface area (Å²) in [5.41, 5.74) is -0.855. The summed E-state index contributed by atoms with van der Waals surface area (Å²) < 4.78 is 12.7. The number of ether oxygens (including phenoxy) is 2. The summed E-state index contributed by atoms with van der Waals surface area (Å²) in [6.45, 7) is 3.20. The molecule has 2 unspecified atom stereocenters. The zero-order valence-electron chi connectivity index (χ0n) is 12.1. The zero-order chi connectivity index (χ0) is 14.9. The smallest absolute Gasteiger partial charge is 0.311 e. The lowest BCUT2D eigenvalue weighted by Gasteiger charge is -2.33. The van der Waals surface area contributed by atoms with E-state index in [1.807, 2.05) is 6.92 Å². The molecule has 2 aliphatic heterocycles. The number of hydrogen-bond donors (Lipinski definition) is 1. The molecule has 0 aliphatic carbocycles. The minimum atomic E-state index is -0.855. The SMILES string of the molecule is CC1CCC(c2nnnn2CC2(C(=O)O)CCOCC2)O1. The zero-order valence-corrected chi connectivity index (χ0v) is 12.1. The highest BCUT2D eigenvalue weighted by molar-refractivity contribution is 5.74. The first-order chi connectivity index (χ1) is 10.1. The Hall–Kier alpha value is -1.54. The molecule has 0 spiro atoms. The van der Waals surface area contributed by atoms with Gasteiger partial charge in [-0.15, -0.1) is 5.10 Å². The number of tetrazole rings is 1. The molecule has 116 valence electrons. The Morgan fingerprint density at radius 2 is 2.19 bits per heavy atom. The molecule has 1 aromatic heterocycles. The molecular formula is C13H20N4O4. The summed E-state index contributed by atoms with van der Waals surface area (Å²) in [7, 11) is 0. The molecule has 0 saturated carbocycles. The van der Waals surface area contributed by atoms with Crippen LogP contribution in [0.25, 0.3) is 0 Å². The summed E-state index contributed by atoms with van der Waals surface area (Å²) in [5.74, 6) is -0.181. The number of carbonyl (C=O) groups is 1. The number of rotatable bonds is 4. The summed E-state index contributed by atoms with van der Waals surface area (Å²) in [4.78, 5) is 11.7. The van der Waals surface area contributed by atoms with Crippen molar-refractivity contribution >= 4 is 5.97 Å². The van der Waals surface area contributed by atoms with Crippen molar-refractivity contribution < 1.29 is 19.4 Å². The van der Waals surface area contributed by atoms with E-state index < -0.39 is 11.4 Å². The molecule has 3 rings (SSSR count). The molecule has 0 radical (unpaired) electrons. The van der Waals surface area contributed by atoms with Crippen molar-refractivity contribution in [3.05, 3.63) is 5.82 Å². The number of aliphatic carboxylic acids is 1. The van der Waals surface area contributed by atoms with Crippen LogP contribution < -0.4 is 0 Å². The topological polar surface area (TPSA) is 99.4 Å². The van der Waals surface area contributed by atoms with Crippen LogP contribution in [0.2, 0.25) is 0 Å². The molecule has 0 bridgehead atoms. The largest absolute Gasteiger partial charge is 0.481 e. The van der Waals surface area contributed by atoms with E-state index in [-0.39, 0.29) is 18.8 Å². The van der Waals surface area contributed by atoms with Crippen LogP contribution in [0.5, 0.6) is 0 Å². The molecular weight excluding hydrogens is 276 g/mol. The predicted octanol–water partition coefficient (Wildman–Crippen LogP) is 0.794. The highest BCUT2D eigenvalue weighted by Crippen LogP contribution is 2.35. The molecule has 1 aromatic rings. The van der Waals surface area contributed by atoms with Crippen LogP contribution in [0.1, 0.15) is 44.5 Å². The first kappa shape index (κ1) is 14.4. The van der Waals surface area contributed by atoms with Crippen molar-refractivity contribution in [2.24, 2.45) is 5.41 Å². The fourth-order valence-electron chi connectivity index (χ4n) is 3.04. The summed E-state index contributed by atoms with van der Waals surface area (Å²) in [6, 6.07) is 0. The maximum atomic E-state index is 11.7. The van der Waals surface area contributed by atoms with Crippen LogP contribution in [-0.4, -0.2) is 50.6 Å². The van der Waals surface area contributed by atoms with Gasteiger partial charge in [0.1, 0.15) is 6.10 Å². The van der Waals surface area contributed by atoms with Gasteiger partial charge in [-0.05, 0) is 43.0 Å². The maximum Gasteiger partial charge on any atom is 0.311 e. The minimum absolute atomic E-state index is 0.138. The van der Waals surface area contributed by atoms with Gasteiger partial charge in [0.05, 0.1) is 18.1 Å². The van der Waals surface area contributed by atoms with Crippen molar-refractivity contribution in [1.29, 1.82) is 0 Å². The summed E-state index contributed by atoms with van der Waals surface area (Å²) >= 11 is 0. The number of carboxylic acids is 1. The molecule has 2 fully saturated rings. The van der Waals surface area contributed by atoms with E-state index in [9.17, 15) is 9.90 Å². The molecule has 0 aromatic carbocycles. The van der Waals surface area contributed by atoms with Gasteiger partial charge >= 0.3 is 5.97 Å². The average Bonchev–Trinajstić information content (AvgIpc) is 3.08. The van der Waals surface area contributed by atoms with Crippen molar-refractivity contribution in [2.75, 3.05) is 13.2 Å². The maximum absolute atomic E-state index is 11.7. The van der Waals surface area contributed by atoms with Gasteiger partial charge in [-0.25, -0.2) is 4.68 Å². The molecule has 8 heteroatoms. The van der Waals surface area contributed by atoms with E-state index in [0.29, 0.717) is 31.9 Å². The van der Waals surface area contributed by atoms with E-state index >= 15 is 0 Å². The molecule has 2 saturated heterocycles. The van der Waals surface area contributed by atoms with E-state index in [4.69, 9.17) is 9.47 Å². The van der Waals surface area contributed by atoms with Gasteiger partial charge in [-0.2, -0.15) is 0 Å². The van der Waals surface area contributed by atoms with E-state index in [1.54, 1.807) is 4.68 Å². The second kappa shape index (κ2) is 5.69. The van der Waals surface area contributed by atoms with Gasteiger partial charge in [0.2, 0.25) is 0 Å². The first-order valence-corrected chi connectivity index (χ1v) is 7.33. The molecule has 2 atom stereocenters. The molecule has 3 heterocycles. The van der Waals surface area contributed by atoms with Gasteiger partial charge in [0.15, 0.2) is 5.82 Å². The number of aromatic nitrogens is 4. The standard InChI is InChI=1S/C13H20N4O4/c1-9-2-3-10(21-9)11-14-15-16-17(11)8-13(12(18)19)4-6-20-7-5-13/h9-10H,2-8H2,1H3,(H,18,19). The summed E-state index contributed by atoms with van der Waals surface area (Å²) in [5, 5.41) is 21.3. The highest BCUT2D eigenvalue weighted by Gasteiger charge is 2.42. The fourth-order valence-corrected chi connectivity index (χ4v) is 3.04. The lowest BCUT2D eigenvalue weighted by Crippen LogP contribution is -2.41. The molecule has 8 nitrogen and oxygen atoms in total. The first-order valence-electron chi connectivity index (χ1n) is 7.33. The Kier molecular flexibility index (Phi) is 3.90. The lowest BCUT2D eigenvalue weighted by molar-refractivity contribution is -0.156. The Labute approximate surface area is 122 Å². The van der Waals surface area contributed by atoms with Gasteiger partial charge in [0, 0.05) is 13.2 Å². The van der Waals surface area contributed by atoms with Crippen LogP contribution in [0, 0.1) is 5.41 Å². The van der Waals surface area contributed by atoms with Crippen LogP contribution in [-0.2, 0) is 20.8 Å². The Morgan fingerprint density at radius 3 is 2.81 bits per heavy atom. The third kappa shape index (κ3) is 2.77. The van der Waals surface area contributed by atoms with E-state index in [2.05, 4.69) is 15.5 Å². The van der Waals surface area contributed by atoms with Crippen LogP contribution in [0.4, 0.5) is 0 Å². The number of carboxylic acid groups (broad SMARTS) is 1. The molecule has 1 N–H and O–H groups in total. The quantitative estimate of drug-likeness (QED) is 0.877. The second-order valence-electron chi connectivity index (χ2n) is 5.91. The minimum Gasteiger partial charge on any atom is -0.481 e. The molecule has 21 heavy (non-hydrogen) atoms. The van der Waals surface area contributed by atoms with E-state index in [1.165, 1.54) is 0 Å². The Balaban J connectivity index is 1.81. The Bertz CT molecular complexity index is 512. The second-order valence-corrected chi connectivity index (χ2v) is 5.91. The Morgan fingerprint density at radius 1 is 1.43 bits per heavy atom. The van der Waals surface area contributed by atoms with Crippen molar-refractivity contribution in [1.82, 2.24) is 20.2 Å². The van der Waals surface area contributed by atoms with Gasteiger partial charge in [0.25, 0.3) is 0 Å². The number of hydrogen-bond acceptors (Lipinski definition) is 6. The van der Waals surface area contributed by atoms with Crippen molar-refractivity contribution in [3.8, 4) is 0 Å². The summed E-state index contributed by atoms with van der Waals surface area (Å²) in [6.07, 6.45) is 2.84. The average molecular weight is 296 g/mol. The van der Waals surface area contributed by atoms with Crippen molar-refractivity contribution in [3.63, 3.8) is 0 Å². The lowest BCUT2D eigenvalue weighted by atomic mass is 9.80. The van der Waals surface area contributed by atoms with Crippen LogP contribution in [0.15, 0.2) is 0 Å². The molecule has 2 aliphatic rings. The molecule has 0 amide bonds. The van der Waals surface area contributed by atoms with Gasteiger partial charge in [-0.1, -0.05) is 0 Å². The van der Waals surface area contributed by atoms with Gasteiger partial charge in [-0.3, -0.25) is 4.79 Å². The van der Waals surface area contributed by atoms with Crippen LogP contribution in [0.3, 0.4) is 0 Å². The fraction of sp³-hybridized carbons (Fsp3) is 0.846. The highest BCUT2D eigenvalue weighted by atomic mass is 16.5. The van der Waals surface area contributed by atoms with E-state index in [0.717, 1.165) is 12.8 Å². The normalized spacial score (nSPS) is 28.6. The monoisotopic (exact) mass is 296 g/mol. The third-order valence-corrected chi connectivity index (χ3v) is 4.44. The third-order valence-electron chi connectivity index (χ3n) is 4.44. The van der Waals surface area contributed by atoms with Gasteiger partial charge < -0.3 is 14.6 Å². The predicted molar refractivity (Wildman–Crippen MR) is 70.5 cm³/mol.